The van der Waals surface area contributed by atoms with Gasteiger partial charge in [-0.05, 0) is 23.8 Å². The normalized spacial score (nSPS) is 10.2. The average molecular weight is 261 g/mol. The molecule has 0 spiro atoms. The van der Waals surface area contributed by atoms with E-state index < -0.39 is 11.7 Å². The van der Waals surface area contributed by atoms with E-state index in [2.05, 4.69) is 10.3 Å². The number of phenols is 1. The van der Waals surface area contributed by atoms with Gasteiger partial charge in [-0.1, -0.05) is 6.07 Å². The topological polar surface area (TPSA) is 88.2 Å². The van der Waals surface area contributed by atoms with Crippen LogP contribution in [0.5, 0.6) is 5.75 Å². The summed E-state index contributed by atoms with van der Waals surface area (Å²) in [5, 5.41) is 11.5. The van der Waals surface area contributed by atoms with E-state index >= 15 is 0 Å². The van der Waals surface area contributed by atoms with Crippen molar-refractivity contribution in [1.29, 1.82) is 0 Å². The summed E-state index contributed by atoms with van der Waals surface area (Å²) in [4.78, 5) is 15.8. The van der Waals surface area contributed by atoms with E-state index in [1.165, 1.54) is 18.3 Å². The highest BCUT2D eigenvalue weighted by molar-refractivity contribution is 6.04. The second-order valence-electron chi connectivity index (χ2n) is 3.87. The number of benzene rings is 1. The molecular formula is C13H12FN3O2. The number of carbonyl (C=O) groups excluding carboxylic acids is 1. The maximum atomic E-state index is 13.5. The molecule has 2 aromatic rings. The van der Waals surface area contributed by atoms with E-state index in [0.717, 1.165) is 11.6 Å². The third-order valence-corrected chi connectivity index (χ3v) is 2.50. The lowest BCUT2D eigenvalue weighted by Crippen LogP contribution is -2.14. The van der Waals surface area contributed by atoms with Crippen LogP contribution in [0.3, 0.4) is 0 Å². The van der Waals surface area contributed by atoms with Crippen LogP contribution in [0.4, 0.5) is 10.2 Å². The quantitative estimate of drug-likeness (QED) is 0.783. The molecule has 1 heterocycles. The fourth-order valence-corrected chi connectivity index (χ4v) is 1.49. The average Bonchev–Trinajstić information content (AvgIpc) is 2.39. The van der Waals surface area contributed by atoms with Crippen LogP contribution in [-0.2, 0) is 6.54 Å². The third kappa shape index (κ3) is 3.05. The van der Waals surface area contributed by atoms with Gasteiger partial charge >= 0.3 is 0 Å². The van der Waals surface area contributed by atoms with Gasteiger partial charge in [-0.3, -0.25) is 4.79 Å². The van der Waals surface area contributed by atoms with Gasteiger partial charge in [-0.2, -0.15) is 0 Å². The van der Waals surface area contributed by atoms with Gasteiger partial charge in [0.1, 0.15) is 17.4 Å². The van der Waals surface area contributed by atoms with Gasteiger partial charge in [-0.25, -0.2) is 9.37 Å². The number of pyridine rings is 1. The molecule has 1 aromatic heterocycles. The van der Waals surface area contributed by atoms with E-state index in [1.54, 1.807) is 12.1 Å². The molecule has 0 saturated carbocycles. The van der Waals surface area contributed by atoms with E-state index in [-0.39, 0.29) is 11.3 Å². The van der Waals surface area contributed by atoms with Crippen molar-refractivity contribution >= 4 is 11.7 Å². The minimum atomic E-state index is -0.795. The Labute approximate surface area is 108 Å². The Morgan fingerprint density at radius 2 is 2.16 bits per heavy atom. The molecule has 0 unspecified atom stereocenters. The van der Waals surface area contributed by atoms with E-state index in [0.29, 0.717) is 12.4 Å². The molecule has 0 bridgehead atoms. The SMILES string of the molecule is NCc1ccc(NC(=O)c2ccc(O)cc2F)nc1. The second-order valence-corrected chi connectivity index (χ2v) is 3.87. The largest absolute Gasteiger partial charge is 0.508 e. The number of phenolic OH excluding ortho intramolecular Hbond substituents is 1. The van der Waals surface area contributed by atoms with Crippen LogP contribution in [-0.4, -0.2) is 16.0 Å². The van der Waals surface area contributed by atoms with Gasteiger partial charge in [0.25, 0.3) is 5.91 Å². The third-order valence-electron chi connectivity index (χ3n) is 2.50. The van der Waals surface area contributed by atoms with Crippen molar-refractivity contribution in [2.45, 2.75) is 6.54 Å². The van der Waals surface area contributed by atoms with Crippen LogP contribution >= 0.6 is 0 Å². The molecule has 0 radical (unpaired) electrons. The van der Waals surface area contributed by atoms with Gasteiger partial charge < -0.3 is 16.2 Å². The van der Waals surface area contributed by atoms with Gasteiger partial charge in [0, 0.05) is 18.8 Å². The van der Waals surface area contributed by atoms with E-state index in [9.17, 15) is 9.18 Å². The van der Waals surface area contributed by atoms with E-state index in [4.69, 9.17) is 10.8 Å². The number of halogens is 1. The number of nitrogens with two attached hydrogens (primary N) is 1. The first kappa shape index (κ1) is 13.0. The molecule has 19 heavy (non-hydrogen) atoms. The molecule has 0 fully saturated rings. The molecule has 1 amide bonds. The Bertz CT molecular complexity index is 599. The smallest absolute Gasteiger partial charge is 0.259 e. The first-order valence-electron chi connectivity index (χ1n) is 5.55. The first-order chi connectivity index (χ1) is 9.10. The highest BCUT2D eigenvalue weighted by Gasteiger charge is 2.12. The number of anilines is 1. The predicted molar refractivity (Wildman–Crippen MR) is 68.1 cm³/mol. The molecule has 5 nitrogen and oxygen atoms in total. The lowest BCUT2D eigenvalue weighted by atomic mass is 10.2. The maximum absolute atomic E-state index is 13.5. The Hall–Kier alpha value is -2.47. The minimum Gasteiger partial charge on any atom is -0.508 e. The van der Waals surface area contributed by atoms with Crippen molar-refractivity contribution in [2.75, 3.05) is 5.32 Å². The lowest BCUT2D eigenvalue weighted by Gasteiger charge is -2.06. The Balaban J connectivity index is 2.15. The van der Waals surface area contributed by atoms with Crippen LogP contribution in [0.15, 0.2) is 36.5 Å². The van der Waals surface area contributed by atoms with Crippen molar-refractivity contribution in [2.24, 2.45) is 5.73 Å². The fourth-order valence-electron chi connectivity index (χ4n) is 1.49. The standard InChI is InChI=1S/C13H12FN3O2/c14-11-5-9(18)2-3-10(11)13(19)17-12-4-1-8(6-15)7-16-12/h1-5,7,18H,6,15H2,(H,16,17,19). The highest BCUT2D eigenvalue weighted by atomic mass is 19.1. The lowest BCUT2D eigenvalue weighted by molar-refractivity contribution is 0.102. The molecule has 98 valence electrons. The zero-order chi connectivity index (χ0) is 13.8. The van der Waals surface area contributed by atoms with Crippen LogP contribution < -0.4 is 11.1 Å². The molecule has 0 saturated heterocycles. The van der Waals surface area contributed by atoms with Gasteiger partial charge in [0.2, 0.25) is 0 Å². The number of carbonyl (C=O) groups is 1. The number of amides is 1. The molecule has 2 rings (SSSR count). The highest BCUT2D eigenvalue weighted by Crippen LogP contribution is 2.16. The predicted octanol–water partition coefficient (Wildman–Crippen LogP) is 1.64. The fraction of sp³-hybridized carbons (Fsp3) is 0.0769. The molecule has 1 aromatic carbocycles. The Kier molecular flexibility index (Phi) is 3.72. The monoisotopic (exact) mass is 261 g/mol. The van der Waals surface area contributed by atoms with Gasteiger partial charge in [0.05, 0.1) is 5.56 Å². The first-order valence-corrected chi connectivity index (χ1v) is 5.55. The summed E-state index contributed by atoms with van der Waals surface area (Å²) in [5.74, 6) is -1.37. The summed E-state index contributed by atoms with van der Waals surface area (Å²) >= 11 is 0. The van der Waals surface area contributed by atoms with Crippen molar-refractivity contribution in [3.05, 3.63) is 53.5 Å². The molecule has 0 aliphatic heterocycles. The summed E-state index contributed by atoms with van der Waals surface area (Å²) in [6, 6.07) is 6.62. The van der Waals surface area contributed by atoms with Crippen molar-refractivity contribution in [1.82, 2.24) is 4.98 Å². The molecule has 0 aliphatic carbocycles. The van der Waals surface area contributed by atoms with Gasteiger partial charge in [-0.15, -0.1) is 0 Å². The Morgan fingerprint density at radius 1 is 1.37 bits per heavy atom. The van der Waals surface area contributed by atoms with Crippen LogP contribution in [0, 0.1) is 5.82 Å². The van der Waals surface area contributed by atoms with Crippen molar-refractivity contribution in [3.8, 4) is 5.75 Å². The molecule has 6 heteroatoms. The molecule has 0 atom stereocenters. The number of rotatable bonds is 3. The number of aromatic nitrogens is 1. The Morgan fingerprint density at radius 3 is 2.74 bits per heavy atom. The molecular weight excluding hydrogens is 249 g/mol. The number of hydrogen-bond donors (Lipinski definition) is 3. The molecule has 4 N–H and O–H groups in total. The number of aromatic hydroxyl groups is 1. The molecule has 0 aliphatic rings. The number of nitrogens with one attached hydrogen (secondary N) is 1. The summed E-state index contributed by atoms with van der Waals surface area (Å²) < 4.78 is 13.5. The van der Waals surface area contributed by atoms with Crippen LogP contribution in [0.25, 0.3) is 0 Å². The van der Waals surface area contributed by atoms with Crippen LogP contribution in [0.2, 0.25) is 0 Å². The number of nitrogens with zero attached hydrogens (tertiary/aromatic N) is 1. The number of hydrogen-bond acceptors (Lipinski definition) is 4. The maximum Gasteiger partial charge on any atom is 0.259 e. The zero-order valence-electron chi connectivity index (χ0n) is 9.93. The summed E-state index contributed by atoms with van der Waals surface area (Å²) in [5.41, 5.74) is 6.09. The summed E-state index contributed by atoms with van der Waals surface area (Å²) in [6.45, 7) is 0.355. The van der Waals surface area contributed by atoms with Crippen LogP contribution in [0.1, 0.15) is 15.9 Å². The summed E-state index contributed by atoms with van der Waals surface area (Å²) in [6.07, 6.45) is 1.53. The van der Waals surface area contributed by atoms with Crippen molar-refractivity contribution < 1.29 is 14.3 Å². The van der Waals surface area contributed by atoms with Gasteiger partial charge in [0.15, 0.2) is 0 Å². The second kappa shape index (κ2) is 5.45. The minimum absolute atomic E-state index is 0.164. The van der Waals surface area contributed by atoms with E-state index in [1.807, 2.05) is 0 Å². The zero-order valence-corrected chi connectivity index (χ0v) is 9.93. The van der Waals surface area contributed by atoms with Crippen molar-refractivity contribution in [3.63, 3.8) is 0 Å². The summed E-state index contributed by atoms with van der Waals surface area (Å²) in [7, 11) is 0.